The highest BCUT2D eigenvalue weighted by atomic mass is 19.3. The quantitative estimate of drug-likeness (QED) is 0.345. The van der Waals surface area contributed by atoms with Gasteiger partial charge in [-0.3, -0.25) is 0 Å². The highest BCUT2D eigenvalue weighted by Crippen LogP contribution is 2.36. The van der Waals surface area contributed by atoms with Crippen LogP contribution < -0.4 is 4.74 Å². The lowest BCUT2D eigenvalue weighted by Gasteiger charge is -2.20. The van der Waals surface area contributed by atoms with E-state index in [1.54, 1.807) is 13.0 Å². The largest absolute Gasteiger partial charge is 0.429 e. The van der Waals surface area contributed by atoms with Gasteiger partial charge in [-0.2, -0.15) is 13.2 Å². The molecule has 0 bridgehead atoms. The second kappa shape index (κ2) is 8.99. The van der Waals surface area contributed by atoms with Crippen LogP contribution in [-0.4, -0.2) is 0 Å². The van der Waals surface area contributed by atoms with E-state index in [0.717, 1.165) is 18.2 Å². The summed E-state index contributed by atoms with van der Waals surface area (Å²) in [6, 6.07) is 3.49. The minimum absolute atomic E-state index is 0.0749. The Morgan fingerprint density at radius 1 is 0.964 bits per heavy atom. The Morgan fingerprint density at radius 2 is 1.68 bits per heavy atom. The fourth-order valence-electron chi connectivity index (χ4n) is 2.46. The maximum Gasteiger partial charge on any atom is 0.429 e. The molecule has 150 valence electrons. The normalized spacial score (nSPS) is 11.8. The van der Waals surface area contributed by atoms with Crippen LogP contribution in [0.5, 0.6) is 5.75 Å². The molecule has 0 saturated heterocycles. The number of ether oxygens (including phenoxy) is 1. The van der Waals surface area contributed by atoms with E-state index in [4.69, 9.17) is 0 Å². The van der Waals surface area contributed by atoms with Crippen molar-refractivity contribution in [1.82, 2.24) is 0 Å². The molecule has 0 fully saturated rings. The highest BCUT2D eigenvalue weighted by Gasteiger charge is 2.40. The van der Waals surface area contributed by atoms with E-state index in [9.17, 15) is 26.3 Å². The molecule has 0 spiro atoms. The maximum atomic E-state index is 14.3. The zero-order valence-electron chi connectivity index (χ0n) is 15.0. The van der Waals surface area contributed by atoms with Crippen LogP contribution in [0.3, 0.4) is 0 Å². The van der Waals surface area contributed by atoms with Crippen LogP contribution >= 0.6 is 0 Å². The first kappa shape index (κ1) is 21.6. The molecule has 1 nitrogen and oxygen atoms in total. The number of rotatable bonds is 8. The molecule has 0 N–H and O–H groups in total. The number of aryl methyl sites for hydroxylation is 1. The lowest BCUT2D eigenvalue weighted by Crippen LogP contribution is -2.25. The average molecular weight is 400 g/mol. The van der Waals surface area contributed by atoms with Crippen LogP contribution in [0, 0.1) is 23.3 Å². The molecule has 2 rings (SSSR count). The molecule has 0 heterocycles. The molecule has 2 aromatic carbocycles. The third-order valence-corrected chi connectivity index (χ3v) is 3.94. The Balaban J connectivity index is 2.36. The van der Waals surface area contributed by atoms with Crippen molar-refractivity contribution < 1.29 is 31.1 Å². The van der Waals surface area contributed by atoms with Crippen LogP contribution in [0.25, 0.3) is 6.08 Å². The lowest BCUT2D eigenvalue weighted by molar-refractivity contribution is -0.189. The molecule has 0 saturated carbocycles. The first-order valence-corrected chi connectivity index (χ1v) is 8.52. The maximum absolute atomic E-state index is 14.3. The summed E-state index contributed by atoms with van der Waals surface area (Å²) in [6.07, 6.45) is 0.856. The van der Waals surface area contributed by atoms with Gasteiger partial charge in [-0.05, 0) is 43.0 Å². The number of allylic oxidation sites excluding steroid dienone is 2. The topological polar surface area (TPSA) is 9.23 Å². The third-order valence-electron chi connectivity index (χ3n) is 3.94. The first-order chi connectivity index (χ1) is 13.2. The Labute approximate surface area is 159 Å². The summed E-state index contributed by atoms with van der Waals surface area (Å²) < 4.78 is 89.1. The van der Waals surface area contributed by atoms with Crippen molar-refractivity contribution in [2.45, 2.75) is 32.3 Å². The number of hydrogen-bond donors (Lipinski definition) is 0. The standard InChI is InChI=1S/C21H18F6O/c1-3-5-7-13-9-11-15(19(24)17(13)22)21(26,27)28-16-12-10-14(8-6-4-2)18(23)20(16)25/h3,6,8-12H,1,4-5,7H2,2H3/b8-6+. The summed E-state index contributed by atoms with van der Waals surface area (Å²) in [6.45, 7) is 5.22. The van der Waals surface area contributed by atoms with E-state index in [0.29, 0.717) is 18.9 Å². The van der Waals surface area contributed by atoms with E-state index >= 15 is 0 Å². The monoisotopic (exact) mass is 400 g/mol. The Bertz CT molecular complexity index is 889. The van der Waals surface area contributed by atoms with Crippen LogP contribution in [0.15, 0.2) is 43.0 Å². The SMILES string of the molecule is C=CCCc1ccc(C(F)(F)Oc2ccc(/C=C/CC)c(F)c2F)c(F)c1F. The zero-order chi connectivity index (χ0) is 20.9. The summed E-state index contributed by atoms with van der Waals surface area (Å²) in [7, 11) is 0. The van der Waals surface area contributed by atoms with Crippen LogP contribution in [0.4, 0.5) is 26.3 Å². The molecular weight excluding hydrogens is 382 g/mol. The lowest BCUT2D eigenvalue weighted by atomic mass is 10.0. The van der Waals surface area contributed by atoms with Gasteiger partial charge in [0.1, 0.15) is 5.56 Å². The van der Waals surface area contributed by atoms with Gasteiger partial charge in [-0.25, -0.2) is 13.2 Å². The summed E-state index contributed by atoms with van der Waals surface area (Å²) >= 11 is 0. The fraction of sp³-hybridized carbons (Fsp3) is 0.238. The van der Waals surface area contributed by atoms with E-state index in [1.807, 2.05) is 0 Å². The number of halogens is 6. The van der Waals surface area contributed by atoms with Gasteiger partial charge in [0, 0.05) is 5.56 Å². The smallest absolute Gasteiger partial charge is 0.426 e. The van der Waals surface area contributed by atoms with Crippen LogP contribution in [0.1, 0.15) is 36.5 Å². The van der Waals surface area contributed by atoms with Gasteiger partial charge < -0.3 is 4.74 Å². The van der Waals surface area contributed by atoms with Gasteiger partial charge in [-0.15, -0.1) is 6.58 Å². The van der Waals surface area contributed by atoms with Gasteiger partial charge in [0.25, 0.3) is 0 Å². The van der Waals surface area contributed by atoms with Crippen molar-refractivity contribution in [1.29, 1.82) is 0 Å². The molecule has 0 radical (unpaired) electrons. The Morgan fingerprint density at radius 3 is 2.32 bits per heavy atom. The second-order valence-electron chi connectivity index (χ2n) is 5.94. The van der Waals surface area contributed by atoms with E-state index in [1.165, 1.54) is 12.2 Å². The van der Waals surface area contributed by atoms with Crippen molar-refractivity contribution in [3.8, 4) is 5.75 Å². The van der Waals surface area contributed by atoms with Crippen molar-refractivity contribution in [2.24, 2.45) is 0 Å². The predicted octanol–water partition coefficient (Wildman–Crippen LogP) is 6.91. The summed E-state index contributed by atoms with van der Waals surface area (Å²) in [5, 5.41) is 0. The minimum atomic E-state index is -4.42. The third kappa shape index (κ3) is 4.58. The van der Waals surface area contributed by atoms with Crippen molar-refractivity contribution in [2.75, 3.05) is 0 Å². The summed E-state index contributed by atoms with van der Waals surface area (Å²) in [4.78, 5) is 0. The molecule has 0 aliphatic carbocycles. The molecule has 2 aromatic rings. The minimum Gasteiger partial charge on any atom is -0.426 e. The number of benzene rings is 2. The molecule has 7 heteroatoms. The molecule has 0 atom stereocenters. The molecular formula is C21H18F6O. The van der Waals surface area contributed by atoms with Gasteiger partial charge in [0.15, 0.2) is 23.2 Å². The predicted molar refractivity (Wildman–Crippen MR) is 95.1 cm³/mol. The van der Waals surface area contributed by atoms with Gasteiger partial charge in [0.05, 0.1) is 0 Å². The molecule has 0 unspecified atom stereocenters. The summed E-state index contributed by atoms with van der Waals surface area (Å²) in [5.74, 6) is -7.42. The van der Waals surface area contributed by atoms with Gasteiger partial charge >= 0.3 is 6.11 Å². The summed E-state index contributed by atoms with van der Waals surface area (Å²) in [5.41, 5.74) is -1.68. The number of hydrogen-bond acceptors (Lipinski definition) is 1. The van der Waals surface area contributed by atoms with Gasteiger partial charge in [-0.1, -0.05) is 31.2 Å². The van der Waals surface area contributed by atoms with E-state index < -0.39 is 40.7 Å². The molecule has 0 aliphatic heterocycles. The van der Waals surface area contributed by atoms with Gasteiger partial charge in [0.2, 0.25) is 5.82 Å². The number of alkyl halides is 2. The van der Waals surface area contributed by atoms with Crippen molar-refractivity contribution >= 4 is 6.08 Å². The van der Waals surface area contributed by atoms with Crippen molar-refractivity contribution in [3.63, 3.8) is 0 Å². The highest BCUT2D eigenvalue weighted by molar-refractivity contribution is 5.52. The molecule has 0 aliphatic rings. The van der Waals surface area contributed by atoms with E-state index in [-0.39, 0.29) is 17.5 Å². The Kier molecular flexibility index (Phi) is 6.94. The van der Waals surface area contributed by atoms with Crippen molar-refractivity contribution in [3.05, 3.63) is 83.0 Å². The zero-order valence-corrected chi connectivity index (χ0v) is 15.0. The molecule has 28 heavy (non-hydrogen) atoms. The fourth-order valence-corrected chi connectivity index (χ4v) is 2.46. The van der Waals surface area contributed by atoms with E-state index in [2.05, 4.69) is 11.3 Å². The van der Waals surface area contributed by atoms with Crippen LogP contribution in [-0.2, 0) is 12.5 Å². The average Bonchev–Trinajstić information content (AvgIpc) is 2.66. The molecule has 0 aromatic heterocycles. The first-order valence-electron chi connectivity index (χ1n) is 8.52. The molecule has 0 amide bonds. The Hall–Kier alpha value is -2.70. The van der Waals surface area contributed by atoms with Crippen LogP contribution in [0.2, 0.25) is 0 Å². The second-order valence-corrected chi connectivity index (χ2v) is 5.94.